The third kappa shape index (κ3) is 2.96. The molecule has 3 heterocycles. The van der Waals surface area contributed by atoms with Gasteiger partial charge >= 0.3 is 0 Å². The van der Waals surface area contributed by atoms with Gasteiger partial charge in [-0.3, -0.25) is 4.79 Å². The Kier molecular flexibility index (Phi) is 4.41. The van der Waals surface area contributed by atoms with Gasteiger partial charge in [0.05, 0.1) is 5.56 Å². The van der Waals surface area contributed by atoms with Gasteiger partial charge in [0, 0.05) is 37.0 Å². The summed E-state index contributed by atoms with van der Waals surface area (Å²) in [4.78, 5) is 17.2. The van der Waals surface area contributed by atoms with Gasteiger partial charge in [-0.25, -0.2) is 0 Å². The van der Waals surface area contributed by atoms with Gasteiger partial charge in [0.2, 0.25) is 0 Å². The van der Waals surface area contributed by atoms with E-state index in [2.05, 4.69) is 47.5 Å². The van der Waals surface area contributed by atoms with Gasteiger partial charge in [0.25, 0.3) is 5.91 Å². The molecule has 3 aromatic rings. The molecule has 4 rings (SSSR count). The van der Waals surface area contributed by atoms with Crippen molar-refractivity contribution in [3.05, 3.63) is 66.4 Å². The summed E-state index contributed by atoms with van der Waals surface area (Å²) in [7, 11) is 2.05. The van der Waals surface area contributed by atoms with E-state index in [1.165, 1.54) is 6.42 Å². The molecule has 1 amide bonds. The van der Waals surface area contributed by atoms with Crippen molar-refractivity contribution in [1.82, 2.24) is 9.30 Å². The lowest BCUT2D eigenvalue weighted by molar-refractivity contribution is 0.0635. The molecule has 1 aliphatic rings. The molecule has 4 heteroatoms. The number of para-hydroxylation sites is 1. The molecule has 26 heavy (non-hydrogen) atoms. The van der Waals surface area contributed by atoms with Crippen molar-refractivity contribution < 1.29 is 4.79 Å². The predicted molar refractivity (Wildman–Crippen MR) is 106 cm³/mol. The summed E-state index contributed by atoms with van der Waals surface area (Å²) in [6.45, 7) is 3.01. The summed E-state index contributed by atoms with van der Waals surface area (Å²) in [5.41, 5.74) is 2.96. The molecule has 0 bridgehead atoms. The van der Waals surface area contributed by atoms with Gasteiger partial charge < -0.3 is 14.2 Å². The quantitative estimate of drug-likeness (QED) is 0.685. The average molecular weight is 347 g/mol. The molecule has 1 atom stereocenters. The zero-order chi connectivity index (χ0) is 18.1. The smallest absolute Gasteiger partial charge is 0.255 e. The number of pyridine rings is 1. The molecule has 1 fully saturated rings. The summed E-state index contributed by atoms with van der Waals surface area (Å²) in [6, 6.07) is 18.8. The number of benzene rings is 1. The Bertz CT molecular complexity index is 916. The standard InChI is InChI=1S/C22H25N3O/c1-17-8-6-7-15-24(17)22(26)18-11-12-20-13-14-21(25(20)16-18)23(2)19-9-4-3-5-10-19/h3-5,9-14,16-17H,6-8,15H2,1-2H3. The second-order valence-electron chi connectivity index (χ2n) is 7.14. The summed E-state index contributed by atoms with van der Waals surface area (Å²) in [5, 5.41) is 0. The van der Waals surface area contributed by atoms with Crippen LogP contribution in [0.15, 0.2) is 60.8 Å². The molecule has 0 radical (unpaired) electrons. The minimum Gasteiger partial charge on any atom is -0.336 e. The lowest BCUT2D eigenvalue weighted by Crippen LogP contribution is -2.42. The maximum Gasteiger partial charge on any atom is 0.255 e. The van der Waals surface area contributed by atoms with Crippen LogP contribution in [0.1, 0.15) is 36.5 Å². The summed E-state index contributed by atoms with van der Waals surface area (Å²) >= 11 is 0. The zero-order valence-electron chi connectivity index (χ0n) is 15.4. The van der Waals surface area contributed by atoms with E-state index in [1.54, 1.807) is 0 Å². The Morgan fingerprint density at radius 1 is 1.04 bits per heavy atom. The van der Waals surface area contributed by atoms with E-state index < -0.39 is 0 Å². The minimum atomic E-state index is 0.140. The van der Waals surface area contributed by atoms with E-state index in [0.717, 1.165) is 42.0 Å². The first-order valence-electron chi connectivity index (χ1n) is 9.36. The maximum atomic E-state index is 13.0. The minimum absolute atomic E-state index is 0.140. The highest BCUT2D eigenvalue weighted by Gasteiger charge is 2.24. The molecular weight excluding hydrogens is 322 g/mol. The summed E-state index contributed by atoms with van der Waals surface area (Å²) in [5.74, 6) is 1.19. The van der Waals surface area contributed by atoms with E-state index in [4.69, 9.17) is 0 Å². The molecule has 1 unspecified atom stereocenters. The number of carbonyl (C=O) groups excluding carboxylic acids is 1. The first-order valence-corrected chi connectivity index (χ1v) is 9.36. The third-order valence-electron chi connectivity index (χ3n) is 5.43. The van der Waals surface area contributed by atoms with Crippen molar-refractivity contribution >= 4 is 22.9 Å². The number of likely N-dealkylation sites (tertiary alicyclic amines) is 1. The van der Waals surface area contributed by atoms with E-state index in [9.17, 15) is 4.79 Å². The Morgan fingerprint density at radius 2 is 1.81 bits per heavy atom. The molecule has 2 aromatic heterocycles. The fraction of sp³-hybridized carbons (Fsp3) is 0.318. The Balaban J connectivity index is 1.69. The van der Waals surface area contributed by atoms with Crippen LogP contribution >= 0.6 is 0 Å². The van der Waals surface area contributed by atoms with Crippen molar-refractivity contribution in [3.63, 3.8) is 0 Å². The lowest BCUT2D eigenvalue weighted by Gasteiger charge is -2.33. The highest BCUT2D eigenvalue weighted by molar-refractivity contribution is 5.94. The van der Waals surface area contributed by atoms with Crippen LogP contribution < -0.4 is 4.90 Å². The van der Waals surface area contributed by atoms with Crippen molar-refractivity contribution in [2.75, 3.05) is 18.5 Å². The summed E-state index contributed by atoms with van der Waals surface area (Å²) in [6.07, 6.45) is 5.39. The number of rotatable bonds is 3. The van der Waals surface area contributed by atoms with Crippen LogP contribution in [0.5, 0.6) is 0 Å². The molecule has 1 aromatic carbocycles. The van der Waals surface area contributed by atoms with Gasteiger partial charge in [-0.15, -0.1) is 0 Å². The van der Waals surface area contributed by atoms with Crippen LogP contribution in [0.3, 0.4) is 0 Å². The fourth-order valence-corrected chi connectivity index (χ4v) is 3.84. The molecule has 0 saturated carbocycles. The van der Waals surface area contributed by atoms with Gasteiger partial charge in [0.1, 0.15) is 5.82 Å². The molecule has 0 spiro atoms. The number of anilines is 2. The number of hydrogen-bond donors (Lipinski definition) is 0. The monoisotopic (exact) mass is 347 g/mol. The number of nitrogens with zero attached hydrogens (tertiary/aromatic N) is 3. The SMILES string of the molecule is CC1CCCCN1C(=O)c1ccc2ccc(N(C)c3ccccc3)n2c1. The predicted octanol–water partition coefficient (Wildman–Crippen LogP) is 4.72. The molecule has 4 nitrogen and oxygen atoms in total. The van der Waals surface area contributed by atoms with E-state index in [0.29, 0.717) is 6.04 Å². The van der Waals surface area contributed by atoms with Gasteiger partial charge in [-0.1, -0.05) is 18.2 Å². The first kappa shape index (κ1) is 16.7. The molecule has 0 aliphatic carbocycles. The Labute approximate surface area is 154 Å². The first-order chi connectivity index (χ1) is 12.6. The largest absolute Gasteiger partial charge is 0.336 e. The van der Waals surface area contributed by atoms with E-state index in [-0.39, 0.29) is 5.91 Å². The van der Waals surface area contributed by atoms with Crippen molar-refractivity contribution in [3.8, 4) is 0 Å². The van der Waals surface area contributed by atoms with Gasteiger partial charge in [0.15, 0.2) is 0 Å². The van der Waals surface area contributed by atoms with Crippen LogP contribution in [0.25, 0.3) is 5.52 Å². The molecular formula is C22H25N3O. The van der Waals surface area contributed by atoms with E-state index in [1.807, 2.05) is 41.4 Å². The van der Waals surface area contributed by atoms with Crippen molar-refractivity contribution in [1.29, 1.82) is 0 Å². The number of hydrogen-bond acceptors (Lipinski definition) is 2. The van der Waals surface area contributed by atoms with Crippen LogP contribution in [-0.2, 0) is 0 Å². The molecule has 1 aliphatic heterocycles. The topological polar surface area (TPSA) is 28.0 Å². The van der Waals surface area contributed by atoms with Gasteiger partial charge in [-0.05, 0) is 62.6 Å². The van der Waals surface area contributed by atoms with Crippen molar-refractivity contribution in [2.45, 2.75) is 32.2 Å². The second kappa shape index (κ2) is 6.87. The highest BCUT2D eigenvalue weighted by atomic mass is 16.2. The normalized spacial score (nSPS) is 17.5. The lowest BCUT2D eigenvalue weighted by atomic mass is 10.0. The van der Waals surface area contributed by atoms with Gasteiger partial charge in [-0.2, -0.15) is 0 Å². The number of fused-ring (bicyclic) bond motifs is 1. The Hall–Kier alpha value is -2.75. The van der Waals surface area contributed by atoms with Crippen LogP contribution in [0.4, 0.5) is 11.5 Å². The number of aromatic nitrogens is 1. The summed E-state index contributed by atoms with van der Waals surface area (Å²) < 4.78 is 2.11. The third-order valence-corrected chi connectivity index (χ3v) is 5.43. The number of amides is 1. The zero-order valence-corrected chi connectivity index (χ0v) is 15.4. The second-order valence-corrected chi connectivity index (χ2v) is 7.14. The molecule has 134 valence electrons. The molecule has 1 saturated heterocycles. The maximum absolute atomic E-state index is 13.0. The fourth-order valence-electron chi connectivity index (χ4n) is 3.84. The highest BCUT2D eigenvalue weighted by Crippen LogP contribution is 2.27. The molecule has 0 N–H and O–H groups in total. The Morgan fingerprint density at radius 3 is 2.58 bits per heavy atom. The van der Waals surface area contributed by atoms with Crippen LogP contribution in [0, 0.1) is 0 Å². The van der Waals surface area contributed by atoms with Crippen molar-refractivity contribution in [2.24, 2.45) is 0 Å². The van der Waals surface area contributed by atoms with E-state index >= 15 is 0 Å². The number of piperidine rings is 1. The average Bonchev–Trinajstić information content (AvgIpc) is 3.11. The number of carbonyl (C=O) groups is 1. The van der Waals surface area contributed by atoms with Crippen LogP contribution in [-0.4, -0.2) is 34.8 Å². The van der Waals surface area contributed by atoms with Crippen LogP contribution in [0.2, 0.25) is 0 Å².